The lowest BCUT2D eigenvalue weighted by Crippen LogP contribution is -2.23. The molecular weight excluding hydrogens is 226 g/mol. The van der Waals surface area contributed by atoms with Crippen LogP contribution in [0.4, 0.5) is 5.95 Å². The Morgan fingerprint density at radius 2 is 2.06 bits per heavy atom. The summed E-state index contributed by atoms with van der Waals surface area (Å²) in [6.45, 7) is 7.02. The van der Waals surface area contributed by atoms with Crippen LogP contribution in [0, 0.1) is 0 Å². The summed E-state index contributed by atoms with van der Waals surface area (Å²) in [5.41, 5.74) is 3.47. The van der Waals surface area contributed by atoms with Gasteiger partial charge < -0.3 is 10.6 Å². The maximum Gasteiger partial charge on any atom is 0.243 e. The van der Waals surface area contributed by atoms with Crippen molar-refractivity contribution in [2.45, 2.75) is 33.1 Å². The van der Waals surface area contributed by atoms with Gasteiger partial charge in [0.1, 0.15) is 0 Å². The van der Waals surface area contributed by atoms with Gasteiger partial charge in [-0.2, -0.15) is 5.10 Å². The van der Waals surface area contributed by atoms with E-state index in [2.05, 4.69) is 45.7 Å². The lowest BCUT2D eigenvalue weighted by molar-refractivity contribution is 0.696. The molecule has 2 heterocycles. The monoisotopic (exact) mass is 247 g/mol. The van der Waals surface area contributed by atoms with E-state index < -0.39 is 0 Å². The molecule has 0 aliphatic carbocycles. The number of hydrogen-bond donors (Lipinski definition) is 2. The minimum absolute atomic E-state index is 0.642. The van der Waals surface area contributed by atoms with Gasteiger partial charge in [-0.3, -0.25) is 0 Å². The third-order valence-electron chi connectivity index (χ3n) is 3.14. The molecule has 0 radical (unpaired) electrons. The first-order valence-electron chi connectivity index (χ1n) is 6.68. The predicted octanol–water partition coefficient (Wildman–Crippen LogP) is 1.33. The van der Waals surface area contributed by atoms with E-state index in [-0.39, 0.29) is 0 Å². The lowest BCUT2D eigenvalue weighted by Gasteiger charge is -2.14. The van der Waals surface area contributed by atoms with Gasteiger partial charge in [0.05, 0.1) is 11.4 Å². The topological polar surface area (TPSA) is 62.7 Å². The van der Waals surface area contributed by atoms with Crippen molar-refractivity contribution in [2.75, 3.05) is 25.0 Å². The van der Waals surface area contributed by atoms with Crippen LogP contribution < -0.4 is 10.6 Å². The van der Waals surface area contributed by atoms with Crippen LogP contribution in [0.1, 0.15) is 31.7 Å². The molecule has 5 heteroatoms. The third kappa shape index (κ3) is 3.26. The molecular formula is C13H21N5. The number of hydrogen-bond acceptors (Lipinski definition) is 5. The minimum atomic E-state index is 0.642. The summed E-state index contributed by atoms with van der Waals surface area (Å²) in [7, 11) is 0. The van der Waals surface area contributed by atoms with Crippen molar-refractivity contribution in [3.8, 4) is 0 Å². The summed E-state index contributed by atoms with van der Waals surface area (Å²) in [5, 5.41) is 14.9. The number of anilines is 1. The summed E-state index contributed by atoms with van der Waals surface area (Å²) in [6.07, 6.45) is 5.11. The summed E-state index contributed by atoms with van der Waals surface area (Å²) in [4.78, 5) is 4.52. The minimum Gasteiger partial charge on any atom is -0.349 e. The molecule has 0 saturated heterocycles. The van der Waals surface area contributed by atoms with Crippen LogP contribution in [-0.4, -0.2) is 34.8 Å². The third-order valence-corrected chi connectivity index (χ3v) is 3.14. The zero-order valence-corrected chi connectivity index (χ0v) is 11.2. The average Bonchev–Trinajstić information content (AvgIpc) is 2.45. The molecule has 0 spiro atoms. The number of nitrogens with zero attached hydrogens (tertiary/aromatic N) is 3. The van der Waals surface area contributed by atoms with E-state index >= 15 is 0 Å². The molecule has 2 rings (SSSR count). The van der Waals surface area contributed by atoms with Gasteiger partial charge in [0.15, 0.2) is 0 Å². The van der Waals surface area contributed by atoms with Crippen LogP contribution in [0.15, 0.2) is 11.6 Å². The quantitative estimate of drug-likeness (QED) is 0.769. The van der Waals surface area contributed by atoms with Gasteiger partial charge in [0.2, 0.25) is 5.95 Å². The van der Waals surface area contributed by atoms with E-state index in [9.17, 15) is 0 Å². The molecule has 0 aromatic carbocycles. The van der Waals surface area contributed by atoms with Gasteiger partial charge in [-0.25, -0.2) is 4.98 Å². The zero-order chi connectivity index (χ0) is 12.8. The molecule has 1 aliphatic rings. The second-order valence-corrected chi connectivity index (χ2v) is 4.41. The van der Waals surface area contributed by atoms with Gasteiger partial charge in [0.25, 0.3) is 0 Å². The number of rotatable bonds is 5. The summed E-state index contributed by atoms with van der Waals surface area (Å²) in [5.74, 6) is 0.642. The normalized spacial score (nSPS) is 15.3. The molecule has 2 N–H and O–H groups in total. The number of aryl methyl sites for hydroxylation is 2. The highest BCUT2D eigenvalue weighted by molar-refractivity contribution is 5.29. The van der Waals surface area contributed by atoms with Crippen molar-refractivity contribution in [1.29, 1.82) is 0 Å². The molecule has 0 amide bonds. The van der Waals surface area contributed by atoms with E-state index in [1.807, 2.05) is 0 Å². The first kappa shape index (κ1) is 13.0. The Bertz CT molecular complexity index is 427. The fraction of sp³-hybridized carbons (Fsp3) is 0.615. The van der Waals surface area contributed by atoms with Crippen LogP contribution in [0.25, 0.3) is 0 Å². The lowest BCUT2D eigenvalue weighted by atomic mass is 10.1. The second-order valence-electron chi connectivity index (χ2n) is 4.41. The molecule has 18 heavy (non-hydrogen) atoms. The van der Waals surface area contributed by atoms with E-state index in [1.54, 1.807) is 0 Å². The van der Waals surface area contributed by atoms with Crippen molar-refractivity contribution < 1.29 is 0 Å². The van der Waals surface area contributed by atoms with E-state index in [0.717, 1.165) is 50.3 Å². The van der Waals surface area contributed by atoms with Crippen LogP contribution in [0.2, 0.25) is 0 Å². The summed E-state index contributed by atoms with van der Waals surface area (Å²) in [6, 6.07) is 0. The van der Waals surface area contributed by atoms with Crippen molar-refractivity contribution >= 4 is 5.95 Å². The number of nitrogens with one attached hydrogen (secondary N) is 2. The van der Waals surface area contributed by atoms with Gasteiger partial charge in [-0.15, -0.1) is 5.10 Å². The highest BCUT2D eigenvalue weighted by atomic mass is 15.2. The van der Waals surface area contributed by atoms with E-state index in [4.69, 9.17) is 0 Å². The fourth-order valence-corrected chi connectivity index (χ4v) is 2.04. The van der Waals surface area contributed by atoms with E-state index in [1.165, 1.54) is 5.57 Å². The molecule has 0 fully saturated rings. The first-order chi connectivity index (χ1) is 8.83. The standard InChI is InChI=1S/C13H21N5/c1-3-11-12(4-2)17-18-13(16-11)15-9-10-5-7-14-8-6-10/h5,14H,3-4,6-9H2,1-2H3,(H,15,16,18). The van der Waals surface area contributed by atoms with Crippen molar-refractivity contribution in [3.05, 3.63) is 23.0 Å². The smallest absolute Gasteiger partial charge is 0.243 e. The highest BCUT2D eigenvalue weighted by Crippen LogP contribution is 2.09. The fourth-order valence-electron chi connectivity index (χ4n) is 2.04. The van der Waals surface area contributed by atoms with Crippen LogP contribution in [-0.2, 0) is 12.8 Å². The molecule has 0 unspecified atom stereocenters. The Morgan fingerprint density at radius 3 is 2.72 bits per heavy atom. The molecule has 5 nitrogen and oxygen atoms in total. The largest absolute Gasteiger partial charge is 0.349 e. The van der Waals surface area contributed by atoms with E-state index in [0.29, 0.717) is 5.95 Å². The summed E-state index contributed by atoms with van der Waals surface area (Å²) < 4.78 is 0. The first-order valence-corrected chi connectivity index (χ1v) is 6.68. The number of aromatic nitrogens is 3. The molecule has 0 atom stereocenters. The van der Waals surface area contributed by atoms with Gasteiger partial charge >= 0.3 is 0 Å². The van der Waals surface area contributed by atoms with Gasteiger partial charge in [-0.05, 0) is 25.8 Å². The Hall–Kier alpha value is -1.49. The Labute approximate surface area is 108 Å². The molecule has 1 aliphatic heterocycles. The van der Waals surface area contributed by atoms with Crippen LogP contribution in [0.5, 0.6) is 0 Å². The highest BCUT2D eigenvalue weighted by Gasteiger charge is 2.07. The molecule has 1 aromatic heterocycles. The van der Waals surface area contributed by atoms with Crippen molar-refractivity contribution in [1.82, 2.24) is 20.5 Å². The molecule has 0 saturated carbocycles. The molecule has 98 valence electrons. The zero-order valence-electron chi connectivity index (χ0n) is 11.2. The molecule has 1 aromatic rings. The van der Waals surface area contributed by atoms with Crippen LogP contribution >= 0.6 is 0 Å². The maximum absolute atomic E-state index is 4.52. The van der Waals surface area contributed by atoms with Crippen molar-refractivity contribution in [2.24, 2.45) is 0 Å². The van der Waals surface area contributed by atoms with Gasteiger partial charge in [-0.1, -0.05) is 25.5 Å². The van der Waals surface area contributed by atoms with Crippen LogP contribution in [0.3, 0.4) is 0 Å². The Balaban J connectivity index is 1.98. The Kier molecular flexibility index (Phi) is 4.64. The van der Waals surface area contributed by atoms with Gasteiger partial charge in [0, 0.05) is 13.1 Å². The summed E-state index contributed by atoms with van der Waals surface area (Å²) >= 11 is 0. The maximum atomic E-state index is 4.52. The SMILES string of the molecule is CCc1nnc(NCC2=CCNCC2)nc1CC. The average molecular weight is 247 g/mol. The Morgan fingerprint density at radius 1 is 1.22 bits per heavy atom. The van der Waals surface area contributed by atoms with Crippen molar-refractivity contribution in [3.63, 3.8) is 0 Å². The second kappa shape index (κ2) is 6.44. The predicted molar refractivity (Wildman–Crippen MR) is 72.6 cm³/mol. The molecule has 0 bridgehead atoms.